The fourth-order valence-corrected chi connectivity index (χ4v) is 2.02. The van der Waals surface area contributed by atoms with Crippen molar-refractivity contribution in [3.05, 3.63) is 34.3 Å². The summed E-state index contributed by atoms with van der Waals surface area (Å²) in [5, 5.41) is 3.52. The normalized spacial score (nSPS) is 13.0. The summed E-state index contributed by atoms with van der Waals surface area (Å²) in [6, 6.07) is 8.67. The lowest BCUT2D eigenvalue weighted by Gasteiger charge is -2.20. The highest BCUT2D eigenvalue weighted by Gasteiger charge is 2.11. The summed E-state index contributed by atoms with van der Waals surface area (Å²) in [6.07, 6.45) is 1.40. The summed E-state index contributed by atoms with van der Waals surface area (Å²) in [4.78, 5) is 0. The van der Waals surface area contributed by atoms with Gasteiger partial charge in [-0.3, -0.25) is 0 Å². The Morgan fingerprint density at radius 3 is 2.71 bits per heavy atom. The van der Waals surface area contributed by atoms with Gasteiger partial charge in [0.1, 0.15) is 0 Å². The molecule has 0 spiro atoms. The molecule has 1 atom stereocenters. The Morgan fingerprint density at radius 1 is 1.35 bits per heavy atom. The molecule has 2 nitrogen and oxygen atoms in total. The lowest BCUT2D eigenvalue weighted by Crippen LogP contribution is -2.27. The molecule has 17 heavy (non-hydrogen) atoms. The monoisotopic (exact) mass is 299 g/mol. The van der Waals surface area contributed by atoms with Gasteiger partial charge in [-0.2, -0.15) is 0 Å². The van der Waals surface area contributed by atoms with E-state index in [-0.39, 0.29) is 12.1 Å². The topological polar surface area (TPSA) is 21.3 Å². The van der Waals surface area contributed by atoms with E-state index in [2.05, 4.69) is 60.2 Å². The minimum absolute atomic E-state index is 0.271. The third-order valence-electron chi connectivity index (χ3n) is 2.49. The fourth-order valence-electron chi connectivity index (χ4n) is 1.60. The van der Waals surface area contributed by atoms with Crippen molar-refractivity contribution >= 4 is 15.9 Å². The highest BCUT2D eigenvalue weighted by atomic mass is 79.9. The van der Waals surface area contributed by atoms with Gasteiger partial charge in [0.05, 0.1) is 18.8 Å². The van der Waals surface area contributed by atoms with E-state index in [1.165, 1.54) is 5.56 Å². The number of benzene rings is 1. The minimum atomic E-state index is 0.271. The molecule has 0 aliphatic carbocycles. The first-order valence-electron chi connectivity index (χ1n) is 6.24. The van der Waals surface area contributed by atoms with Crippen LogP contribution in [-0.4, -0.2) is 19.3 Å². The molecule has 1 N–H and O–H groups in total. The van der Waals surface area contributed by atoms with Gasteiger partial charge in [-0.15, -0.1) is 0 Å². The summed E-state index contributed by atoms with van der Waals surface area (Å²) in [5.74, 6) is 0. The van der Waals surface area contributed by atoms with Gasteiger partial charge in [0, 0.05) is 4.47 Å². The molecule has 0 aromatic heterocycles. The zero-order chi connectivity index (χ0) is 12.7. The summed E-state index contributed by atoms with van der Waals surface area (Å²) in [5.41, 5.74) is 1.27. The third kappa shape index (κ3) is 5.66. The zero-order valence-corrected chi connectivity index (χ0v) is 12.5. The van der Waals surface area contributed by atoms with Crippen molar-refractivity contribution in [2.24, 2.45) is 0 Å². The molecule has 1 unspecified atom stereocenters. The lowest BCUT2D eigenvalue weighted by molar-refractivity contribution is 0.0611. The number of nitrogens with one attached hydrogen (secondary N) is 1. The zero-order valence-electron chi connectivity index (χ0n) is 10.9. The third-order valence-corrected chi connectivity index (χ3v) is 2.98. The Labute approximate surface area is 113 Å². The highest BCUT2D eigenvalue weighted by molar-refractivity contribution is 9.10. The van der Waals surface area contributed by atoms with Gasteiger partial charge in [-0.05, 0) is 44.5 Å². The average molecular weight is 300 g/mol. The fraction of sp³-hybridized carbons (Fsp3) is 0.571. The molecule has 0 fully saturated rings. The van der Waals surface area contributed by atoms with Crippen LogP contribution < -0.4 is 5.32 Å². The van der Waals surface area contributed by atoms with Crippen molar-refractivity contribution in [1.82, 2.24) is 5.32 Å². The van der Waals surface area contributed by atoms with Crippen molar-refractivity contribution in [1.29, 1.82) is 0 Å². The van der Waals surface area contributed by atoms with E-state index in [1.807, 2.05) is 6.07 Å². The molecular formula is C14H22BrNO. The van der Waals surface area contributed by atoms with Crippen LogP contribution in [0.5, 0.6) is 0 Å². The van der Waals surface area contributed by atoms with Crippen LogP contribution in [-0.2, 0) is 4.74 Å². The maximum Gasteiger partial charge on any atom is 0.0664 e. The Bertz CT molecular complexity index is 328. The number of hydrogen-bond acceptors (Lipinski definition) is 2. The van der Waals surface area contributed by atoms with Gasteiger partial charge in [0.15, 0.2) is 0 Å². The maximum atomic E-state index is 5.72. The highest BCUT2D eigenvalue weighted by Crippen LogP contribution is 2.19. The number of hydrogen-bond donors (Lipinski definition) is 1. The summed E-state index contributed by atoms with van der Waals surface area (Å²) in [6.45, 7) is 8.04. The van der Waals surface area contributed by atoms with Gasteiger partial charge in [-0.25, -0.2) is 0 Å². The molecular weight excluding hydrogens is 278 g/mol. The molecule has 0 aliphatic heterocycles. The number of rotatable bonds is 7. The first kappa shape index (κ1) is 14.7. The predicted octanol–water partition coefficient (Wildman–Crippen LogP) is 3.91. The minimum Gasteiger partial charge on any atom is -0.377 e. The predicted molar refractivity (Wildman–Crippen MR) is 76.3 cm³/mol. The Hall–Kier alpha value is -0.380. The summed E-state index contributed by atoms with van der Waals surface area (Å²) >= 11 is 3.51. The molecule has 1 aromatic rings. The van der Waals surface area contributed by atoms with E-state index >= 15 is 0 Å². The molecule has 0 radical (unpaired) electrons. The standard InChI is InChI=1S/C14H22BrNO/c1-4-8-16-14(10-17-11(2)3)12-6-5-7-13(15)9-12/h5-7,9,11,14,16H,4,8,10H2,1-3H3. The van der Waals surface area contributed by atoms with Gasteiger partial charge < -0.3 is 10.1 Å². The molecule has 1 rings (SSSR count). The smallest absolute Gasteiger partial charge is 0.0664 e. The molecule has 0 aliphatic rings. The second kappa shape index (κ2) is 7.85. The van der Waals surface area contributed by atoms with Crippen molar-refractivity contribution in [2.75, 3.05) is 13.2 Å². The first-order valence-corrected chi connectivity index (χ1v) is 7.03. The lowest BCUT2D eigenvalue weighted by atomic mass is 10.1. The van der Waals surface area contributed by atoms with E-state index < -0.39 is 0 Å². The average Bonchev–Trinajstić information content (AvgIpc) is 2.29. The Morgan fingerprint density at radius 2 is 2.12 bits per heavy atom. The molecule has 0 heterocycles. The maximum absolute atomic E-state index is 5.72. The second-order valence-corrected chi connectivity index (χ2v) is 5.36. The van der Waals surface area contributed by atoms with Crippen molar-refractivity contribution < 1.29 is 4.74 Å². The van der Waals surface area contributed by atoms with Crippen molar-refractivity contribution in [3.8, 4) is 0 Å². The SMILES string of the molecule is CCCNC(COC(C)C)c1cccc(Br)c1. The van der Waals surface area contributed by atoms with Gasteiger partial charge in [0.2, 0.25) is 0 Å². The van der Waals surface area contributed by atoms with Crippen molar-refractivity contribution in [2.45, 2.75) is 39.3 Å². The van der Waals surface area contributed by atoms with Crippen LogP contribution in [0.15, 0.2) is 28.7 Å². The van der Waals surface area contributed by atoms with Crippen LogP contribution in [0, 0.1) is 0 Å². The Balaban J connectivity index is 2.67. The Kier molecular flexibility index (Phi) is 6.78. The quantitative estimate of drug-likeness (QED) is 0.824. The van der Waals surface area contributed by atoms with Gasteiger partial charge >= 0.3 is 0 Å². The van der Waals surface area contributed by atoms with Crippen LogP contribution in [0.4, 0.5) is 0 Å². The van der Waals surface area contributed by atoms with Crippen molar-refractivity contribution in [3.63, 3.8) is 0 Å². The summed E-state index contributed by atoms with van der Waals surface area (Å²) in [7, 11) is 0. The van der Waals surface area contributed by atoms with Crippen LogP contribution >= 0.6 is 15.9 Å². The largest absolute Gasteiger partial charge is 0.377 e. The van der Waals surface area contributed by atoms with Crippen LogP contribution in [0.1, 0.15) is 38.8 Å². The molecule has 0 saturated heterocycles. The molecule has 0 amide bonds. The van der Waals surface area contributed by atoms with Crippen LogP contribution in [0.3, 0.4) is 0 Å². The van der Waals surface area contributed by atoms with E-state index in [9.17, 15) is 0 Å². The molecule has 3 heteroatoms. The van der Waals surface area contributed by atoms with E-state index in [1.54, 1.807) is 0 Å². The van der Waals surface area contributed by atoms with E-state index in [0.717, 1.165) is 17.4 Å². The van der Waals surface area contributed by atoms with Crippen LogP contribution in [0.2, 0.25) is 0 Å². The molecule has 1 aromatic carbocycles. The van der Waals surface area contributed by atoms with Gasteiger partial charge in [0.25, 0.3) is 0 Å². The summed E-state index contributed by atoms with van der Waals surface area (Å²) < 4.78 is 6.83. The second-order valence-electron chi connectivity index (χ2n) is 4.44. The number of halogens is 1. The van der Waals surface area contributed by atoms with E-state index in [4.69, 9.17) is 4.74 Å². The first-order chi connectivity index (χ1) is 8.13. The molecule has 96 valence electrons. The van der Waals surface area contributed by atoms with Gasteiger partial charge in [-0.1, -0.05) is 35.0 Å². The molecule has 0 bridgehead atoms. The van der Waals surface area contributed by atoms with Crippen LogP contribution in [0.25, 0.3) is 0 Å². The number of ether oxygens (including phenoxy) is 1. The molecule has 0 saturated carbocycles. The van der Waals surface area contributed by atoms with E-state index in [0.29, 0.717) is 6.61 Å².